The Morgan fingerprint density at radius 1 is 1.35 bits per heavy atom. The number of aromatic nitrogens is 4. The van der Waals surface area contributed by atoms with E-state index < -0.39 is 0 Å². The molecule has 3 aromatic rings. The summed E-state index contributed by atoms with van der Waals surface area (Å²) in [7, 11) is 0. The first-order chi connectivity index (χ1) is 9.63. The van der Waals surface area contributed by atoms with E-state index in [9.17, 15) is 4.79 Å². The molecule has 0 saturated carbocycles. The van der Waals surface area contributed by atoms with E-state index in [0.29, 0.717) is 16.1 Å². The molecule has 0 N–H and O–H groups in total. The van der Waals surface area contributed by atoms with Gasteiger partial charge >= 0.3 is 0 Å². The number of aryl methyl sites for hydroxylation is 2. The van der Waals surface area contributed by atoms with Gasteiger partial charge in [0.2, 0.25) is 10.6 Å². The van der Waals surface area contributed by atoms with Crippen LogP contribution in [0.1, 0.15) is 21.7 Å². The van der Waals surface area contributed by atoms with E-state index >= 15 is 0 Å². The van der Waals surface area contributed by atoms with Gasteiger partial charge in [-0.3, -0.25) is 9.78 Å². The Morgan fingerprint density at radius 3 is 2.95 bits per heavy atom. The van der Waals surface area contributed by atoms with Gasteiger partial charge in [-0.25, -0.2) is 8.77 Å². The summed E-state index contributed by atoms with van der Waals surface area (Å²) >= 11 is 1.29. The molecule has 0 fully saturated rings. The van der Waals surface area contributed by atoms with Crippen LogP contribution < -0.4 is 4.80 Å². The Kier molecular flexibility index (Phi) is 3.11. The minimum absolute atomic E-state index is 0.355. The summed E-state index contributed by atoms with van der Waals surface area (Å²) in [6.45, 7) is 3.87. The SMILES string of the molecule is Cc1cc(C)n2sc(=NC(=O)c3cccnc3)nc2n1. The summed E-state index contributed by atoms with van der Waals surface area (Å²) in [5, 5.41) is 0. The van der Waals surface area contributed by atoms with E-state index in [1.54, 1.807) is 18.3 Å². The fourth-order valence-corrected chi connectivity index (χ4v) is 2.58. The zero-order valence-corrected chi connectivity index (χ0v) is 11.8. The number of amides is 1. The van der Waals surface area contributed by atoms with Gasteiger partial charge in [-0.2, -0.15) is 9.98 Å². The molecule has 3 heterocycles. The molecule has 0 aliphatic heterocycles. The third-order valence-corrected chi connectivity index (χ3v) is 3.65. The summed E-state index contributed by atoms with van der Waals surface area (Å²) in [6, 6.07) is 5.33. The molecular weight excluding hydrogens is 274 g/mol. The Labute approximate surface area is 118 Å². The van der Waals surface area contributed by atoms with Crippen LogP contribution in [0.5, 0.6) is 0 Å². The highest BCUT2D eigenvalue weighted by Crippen LogP contribution is 2.06. The van der Waals surface area contributed by atoms with Gasteiger partial charge in [0.25, 0.3) is 5.91 Å². The molecule has 0 aromatic carbocycles. The predicted molar refractivity (Wildman–Crippen MR) is 74.5 cm³/mol. The second-order valence-corrected chi connectivity index (χ2v) is 5.19. The molecule has 0 aliphatic rings. The molecule has 0 spiro atoms. The summed E-state index contributed by atoms with van der Waals surface area (Å²) in [5.74, 6) is 0.206. The van der Waals surface area contributed by atoms with Gasteiger partial charge in [-0.05, 0) is 43.6 Å². The van der Waals surface area contributed by atoms with Crippen molar-refractivity contribution in [1.82, 2.24) is 18.7 Å². The van der Waals surface area contributed by atoms with Crippen LogP contribution in [0.3, 0.4) is 0 Å². The Bertz CT molecular complexity index is 850. The number of carbonyl (C=O) groups is 1. The second-order valence-electron chi connectivity index (χ2n) is 4.28. The quantitative estimate of drug-likeness (QED) is 0.680. The van der Waals surface area contributed by atoms with Crippen LogP contribution >= 0.6 is 11.5 Å². The molecule has 7 heteroatoms. The van der Waals surface area contributed by atoms with Crippen LogP contribution in [0.25, 0.3) is 5.78 Å². The normalized spacial score (nSPS) is 12.0. The van der Waals surface area contributed by atoms with Gasteiger partial charge < -0.3 is 0 Å². The van der Waals surface area contributed by atoms with Crippen LogP contribution in [0.2, 0.25) is 0 Å². The Balaban J connectivity index is 2.09. The van der Waals surface area contributed by atoms with Crippen molar-refractivity contribution in [3.63, 3.8) is 0 Å². The van der Waals surface area contributed by atoms with Gasteiger partial charge in [0, 0.05) is 23.8 Å². The Morgan fingerprint density at radius 2 is 2.20 bits per heavy atom. The topological polar surface area (TPSA) is 72.5 Å². The van der Waals surface area contributed by atoms with Crippen molar-refractivity contribution in [3.05, 3.63) is 52.3 Å². The molecule has 0 radical (unpaired) electrons. The highest BCUT2D eigenvalue weighted by Gasteiger charge is 2.07. The summed E-state index contributed by atoms with van der Waals surface area (Å²) in [6.07, 6.45) is 3.10. The largest absolute Gasteiger partial charge is 0.281 e. The van der Waals surface area contributed by atoms with Gasteiger partial charge in [0.05, 0.1) is 5.56 Å². The zero-order valence-electron chi connectivity index (χ0n) is 10.9. The monoisotopic (exact) mass is 285 g/mol. The fourth-order valence-electron chi connectivity index (χ4n) is 1.81. The predicted octanol–water partition coefficient (Wildman–Crippen LogP) is 1.54. The first-order valence-electron chi connectivity index (χ1n) is 5.97. The maximum absolute atomic E-state index is 12.0. The molecule has 0 saturated heterocycles. The standard InChI is InChI=1S/C13H11N5OS/c1-8-6-9(2)18-12(15-8)17-13(20-18)16-11(19)10-4-3-5-14-7-10/h3-7H,1-2H3. The third kappa shape index (κ3) is 2.35. The van der Waals surface area contributed by atoms with Crippen LogP contribution in [-0.4, -0.2) is 24.6 Å². The smallest absolute Gasteiger partial charge is 0.267 e. The Hall–Kier alpha value is -2.41. The lowest BCUT2D eigenvalue weighted by Crippen LogP contribution is -2.05. The number of fused-ring (bicyclic) bond motifs is 1. The maximum Gasteiger partial charge on any atom is 0.281 e. The van der Waals surface area contributed by atoms with E-state index in [-0.39, 0.29) is 5.91 Å². The van der Waals surface area contributed by atoms with Crippen molar-refractivity contribution in [3.8, 4) is 0 Å². The molecule has 1 amide bonds. The lowest BCUT2D eigenvalue weighted by molar-refractivity contribution is 0.0998. The van der Waals surface area contributed by atoms with E-state index in [4.69, 9.17) is 0 Å². The highest BCUT2D eigenvalue weighted by atomic mass is 32.1. The van der Waals surface area contributed by atoms with Crippen molar-refractivity contribution in [2.24, 2.45) is 4.99 Å². The molecule has 0 atom stereocenters. The minimum Gasteiger partial charge on any atom is -0.267 e. The average molecular weight is 285 g/mol. The number of nitrogens with zero attached hydrogens (tertiary/aromatic N) is 5. The van der Waals surface area contributed by atoms with Crippen molar-refractivity contribution in [2.75, 3.05) is 0 Å². The van der Waals surface area contributed by atoms with Crippen LogP contribution in [-0.2, 0) is 0 Å². The van der Waals surface area contributed by atoms with E-state index in [1.165, 1.54) is 17.7 Å². The van der Waals surface area contributed by atoms with Crippen molar-refractivity contribution in [2.45, 2.75) is 13.8 Å². The molecule has 0 aliphatic carbocycles. The highest BCUT2D eigenvalue weighted by molar-refractivity contribution is 7.03. The van der Waals surface area contributed by atoms with Gasteiger partial charge in [0.1, 0.15) is 0 Å². The van der Waals surface area contributed by atoms with Crippen LogP contribution in [0.15, 0.2) is 35.6 Å². The molecule has 6 nitrogen and oxygen atoms in total. The molecule has 3 rings (SSSR count). The number of rotatable bonds is 1. The molecule has 0 bridgehead atoms. The lowest BCUT2D eigenvalue weighted by Gasteiger charge is -1.97. The summed E-state index contributed by atoms with van der Waals surface area (Å²) < 4.78 is 1.85. The van der Waals surface area contributed by atoms with Crippen molar-refractivity contribution < 1.29 is 4.79 Å². The molecule has 0 unspecified atom stereocenters. The minimum atomic E-state index is -0.355. The van der Waals surface area contributed by atoms with E-state index in [1.807, 2.05) is 23.7 Å². The average Bonchev–Trinajstić information content (AvgIpc) is 2.82. The van der Waals surface area contributed by atoms with Gasteiger partial charge in [0.15, 0.2) is 0 Å². The van der Waals surface area contributed by atoms with Crippen molar-refractivity contribution >= 4 is 23.2 Å². The number of hydrogen-bond donors (Lipinski definition) is 0. The van der Waals surface area contributed by atoms with Crippen LogP contribution in [0.4, 0.5) is 0 Å². The first-order valence-corrected chi connectivity index (χ1v) is 6.74. The van der Waals surface area contributed by atoms with Crippen LogP contribution in [0, 0.1) is 13.8 Å². The summed E-state index contributed by atoms with van der Waals surface area (Å²) in [5.41, 5.74) is 2.34. The first kappa shape index (κ1) is 12.6. The fraction of sp³-hybridized carbons (Fsp3) is 0.154. The van der Waals surface area contributed by atoms with Gasteiger partial charge in [-0.1, -0.05) is 0 Å². The summed E-state index contributed by atoms with van der Waals surface area (Å²) in [4.78, 5) is 28.8. The number of hydrogen-bond acceptors (Lipinski definition) is 5. The maximum atomic E-state index is 12.0. The lowest BCUT2D eigenvalue weighted by atomic mass is 10.3. The van der Waals surface area contributed by atoms with Gasteiger partial charge in [-0.15, -0.1) is 0 Å². The molecule has 3 aromatic heterocycles. The van der Waals surface area contributed by atoms with E-state index in [2.05, 4.69) is 19.9 Å². The number of pyridine rings is 1. The number of carbonyl (C=O) groups excluding carboxylic acids is 1. The molecular formula is C13H11N5OS. The third-order valence-electron chi connectivity index (χ3n) is 2.67. The van der Waals surface area contributed by atoms with Crippen molar-refractivity contribution in [1.29, 1.82) is 0 Å². The van der Waals surface area contributed by atoms with E-state index in [0.717, 1.165) is 11.4 Å². The molecule has 20 heavy (non-hydrogen) atoms. The molecule has 100 valence electrons. The second kappa shape index (κ2) is 4.93. The zero-order chi connectivity index (χ0) is 14.1.